The highest BCUT2D eigenvalue weighted by Gasteiger charge is 2.33. The maximum atomic E-state index is 9.47. The first-order chi connectivity index (χ1) is 5.60. The van der Waals surface area contributed by atoms with E-state index in [2.05, 4.69) is 0 Å². The lowest BCUT2D eigenvalue weighted by molar-refractivity contribution is -0.0266. The summed E-state index contributed by atoms with van der Waals surface area (Å²) in [5.74, 6) is 0.441. The Kier molecular flexibility index (Phi) is 2.58. The van der Waals surface area contributed by atoms with E-state index in [4.69, 9.17) is 4.74 Å². The molecule has 1 rings (SSSR count). The Morgan fingerprint density at radius 3 is 2.92 bits per heavy atom. The molecule has 0 bridgehead atoms. The van der Waals surface area contributed by atoms with Gasteiger partial charge in [-0.2, -0.15) is 0 Å². The summed E-state index contributed by atoms with van der Waals surface area (Å²) >= 11 is 0. The molecule has 1 N–H and O–H groups in total. The predicted molar refractivity (Wildman–Crippen MR) is 49.0 cm³/mol. The average Bonchev–Trinajstić information content (AvgIpc) is 2.01. The van der Waals surface area contributed by atoms with Crippen molar-refractivity contribution in [3.05, 3.63) is 24.0 Å². The van der Waals surface area contributed by atoms with Crippen LogP contribution in [0.25, 0.3) is 0 Å². The lowest BCUT2D eigenvalue weighted by atomic mass is 9.85. The second kappa shape index (κ2) is 3.31. The number of allylic oxidation sites excluding steroid dienone is 2. The van der Waals surface area contributed by atoms with Crippen LogP contribution in [0.1, 0.15) is 20.8 Å². The number of hydrogen-bond donors (Lipinski definition) is 1. The third-order valence-electron chi connectivity index (χ3n) is 2.45. The Bertz CT molecular complexity index is 218. The number of hydrogen-bond acceptors (Lipinski definition) is 2. The Morgan fingerprint density at radius 2 is 2.33 bits per heavy atom. The van der Waals surface area contributed by atoms with Crippen LogP contribution in [-0.4, -0.2) is 17.3 Å². The van der Waals surface area contributed by atoms with Crippen LogP contribution < -0.4 is 0 Å². The molecule has 0 spiro atoms. The highest BCUT2D eigenvalue weighted by atomic mass is 16.5. The molecule has 68 valence electrons. The zero-order chi connectivity index (χ0) is 9.19. The summed E-state index contributed by atoms with van der Waals surface area (Å²) in [5, 5.41) is 9.47. The fourth-order valence-corrected chi connectivity index (χ4v) is 1.40. The maximum Gasteiger partial charge on any atom is 0.0982 e. The minimum atomic E-state index is -0.340. The molecule has 1 aliphatic carbocycles. The molecule has 0 aromatic rings. The highest BCUT2D eigenvalue weighted by molar-refractivity contribution is 5.23. The second-order valence-electron chi connectivity index (χ2n) is 3.29. The monoisotopic (exact) mass is 168 g/mol. The molecular formula is C10H16O2. The van der Waals surface area contributed by atoms with Crippen molar-refractivity contribution in [3.8, 4) is 0 Å². The van der Waals surface area contributed by atoms with Crippen molar-refractivity contribution in [2.75, 3.05) is 6.61 Å². The van der Waals surface area contributed by atoms with Crippen molar-refractivity contribution >= 4 is 0 Å². The molecule has 0 fully saturated rings. The third-order valence-corrected chi connectivity index (χ3v) is 2.45. The van der Waals surface area contributed by atoms with Gasteiger partial charge in [0.25, 0.3) is 0 Å². The molecule has 0 aliphatic heterocycles. The van der Waals surface area contributed by atoms with Gasteiger partial charge in [-0.05, 0) is 19.9 Å². The van der Waals surface area contributed by atoms with Crippen LogP contribution >= 0.6 is 0 Å². The van der Waals surface area contributed by atoms with Crippen LogP contribution in [0.5, 0.6) is 0 Å². The van der Waals surface area contributed by atoms with Crippen LogP contribution in [-0.2, 0) is 4.74 Å². The van der Waals surface area contributed by atoms with Gasteiger partial charge in [0, 0.05) is 12.5 Å². The van der Waals surface area contributed by atoms with Gasteiger partial charge < -0.3 is 9.84 Å². The van der Waals surface area contributed by atoms with Gasteiger partial charge in [-0.25, -0.2) is 0 Å². The quantitative estimate of drug-likeness (QED) is 0.686. The lowest BCUT2D eigenvalue weighted by Crippen LogP contribution is -2.36. The van der Waals surface area contributed by atoms with Crippen molar-refractivity contribution in [1.82, 2.24) is 0 Å². The standard InChI is InChI=1S/C10H16O2/c1-4-12-10(3)7-5-6-9(11)8(10)2/h5-8,11H,4H2,1-3H3. The van der Waals surface area contributed by atoms with E-state index >= 15 is 0 Å². The summed E-state index contributed by atoms with van der Waals surface area (Å²) < 4.78 is 5.57. The zero-order valence-corrected chi connectivity index (χ0v) is 7.87. The van der Waals surface area contributed by atoms with Crippen LogP contribution in [0, 0.1) is 5.92 Å². The molecule has 2 nitrogen and oxygen atoms in total. The molecule has 2 heteroatoms. The normalized spacial score (nSPS) is 34.9. The minimum Gasteiger partial charge on any atom is -0.512 e. The number of ether oxygens (including phenoxy) is 1. The fourth-order valence-electron chi connectivity index (χ4n) is 1.40. The lowest BCUT2D eigenvalue weighted by Gasteiger charge is -2.34. The first-order valence-electron chi connectivity index (χ1n) is 4.32. The first kappa shape index (κ1) is 9.33. The van der Waals surface area contributed by atoms with E-state index in [1.165, 1.54) is 0 Å². The van der Waals surface area contributed by atoms with E-state index in [0.717, 1.165) is 0 Å². The Morgan fingerprint density at radius 1 is 1.67 bits per heavy atom. The first-order valence-corrected chi connectivity index (χ1v) is 4.32. The van der Waals surface area contributed by atoms with Crippen molar-refractivity contribution in [1.29, 1.82) is 0 Å². The van der Waals surface area contributed by atoms with E-state index in [1.807, 2.05) is 32.9 Å². The molecule has 0 heterocycles. The summed E-state index contributed by atoms with van der Waals surface area (Å²) in [6.45, 7) is 6.57. The third kappa shape index (κ3) is 1.53. The molecule has 0 radical (unpaired) electrons. The molecule has 0 aromatic carbocycles. The highest BCUT2D eigenvalue weighted by Crippen LogP contribution is 2.31. The van der Waals surface area contributed by atoms with Crippen LogP contribution in [0.4, 0.5) is 0 Å². The number of rotatable bonds is 2. The largest absolute Gasteiger partial charge is 0.512 e. The summed E-state index contributed by atoms with van der Waals surface area (Å²) in [6.07, 6.45) is 5.54. The molecule has 2 atom stereocenters. The van der Waals surface area contributed by atoms with Crippen molar-refractivity contribution < 1.29 is 9.84 Å². The van der Waals surface area contributed by atoms with Crippen molar-refractivity contribution in [2.24, 2.45) is 5.92 Å². The average molecular weight is 168 g/mol. The molecule has 0 saturated heterocycles. The van der Waals surface area contributed by atoms with Gasteiger partial charge in [-0.1, -0.05) is 19.1 Å². The summed E-state index contributed by atoms with van der Waals surface area (Å²) in [4.78, 5) is 0. The molecule has 12 heavy (non-hydrogen) atoms. The number of aliphatic hydroxyl groups excluding tert-OH is 1. The van der Waals surface area contributed by atoms with Gasteiger partial charge in [0.05, 0.1) is 11.4 Å². The maximum absolute atomic E-state index is 9.47. The van der Waals surface area contributed by atoms with Crippen LogP contribution in [0.15, 0.2) is 24.0 Å². The van der Waals surface area contributed by atoms with E-state index in [-0.39, 0.29) is 11.5 Å². The van der Waals surface area contributed by atoms with Gasteiger partial charge >= 0.3 is 0 Å². The van der Waals surface area contributed by atoms with Crippen molar-refractivity contribution in [3.63, 3.8) is 0 Å². The van der Waals surface area contributed by atoms with E-state index < -0.39 is 0 Å². The fraction of sp³-hybridized carbons (Fsp3) is 0.600. The minimum absolute atomic E-state index is 0.0439. The van der Waals surface area contributed by atoms with Crippen molar-refractivity contribution in [2.45, 2.75) is 26.4 Å². The topological polar surface area (TPSA) is 29.5 Å². The van der Waals surface area contributed by atoms with Crippen LogP contribution in [0.2, 0.25) is 0 Å². The van der Waals surface area contributed by atoms with Gasteiger partial charge in [-0.15, -0.1) is 0 Å². The predicted octanol–water partition coefficient (Wildman–Crippen LogP) is 2.43. The second-order valence-corrected chi connectivity index (χ2v) is 3.29. The van der Waals surface area contributed by atoms with E-state index in [9.17, 15) is 5.11 Å². The smallest absolute Gasteiger partial charge is 0.0982 e. The summed E-state index contributed by atoms with van der Waals surface area (Å²) in [5.41, 5.74) is -0.340. The molecule has 2 unspecified atom stereocenters. The number of aliphatic hydroxyl groups is 1. The van der Waals surface area contributed by atoms with Gasteiger partial charge in [0.2, 0.25) is 0 Å². The molecule has 0 amide bonds. The molecule has 1 aliphatic rings. The Hall–Kier alpha value is -0.760. The van der Waals surface area contributed by atoms with E-state index in [0.29, 0.717) is 12.4 Å². The SMILES string of the molecule is CCOC1(C)C=CC=C(O)C1C. The zero-order valence-electron chi connectivity index (χ0n) is 7.87. The molecular weight excluding hydrogens is 152 g/mol. The summed E-state index contributed by atoms with van der Waals surface area (Å²) in [6, 6.07) is 0. The molecule has 0 aromatic heterocycles. The Labute approximate surface area is 73.5 Å². The van der Waals surface area contributed by atoms with E-state index in [1.54, 1.807) is 6.08 Å². The molecule has 0 saturated carbocycles. The van der Waals surface area contributed by atoms with Crippen LogP contribution in [0.3, 0.4) is 0 Å². The van der Waals surface area contributed by atoms with Gasteiger partial charge in [0.15, 0.2) is 0 Å². The van der Waals surface area contributed by atoms with Gasteiger partial charge in [0.1, 0.15) is 0 Å². The van der Waals surface area contributed by atoms with Gasteiger partial charge in [-0.3, -0.25) is 0 Å². The Balaban J connectivity index is 2.80. The summed E-state index contributed by atoms with van der Waals surface area (Å²) in [7, 11) is 0.